The Bertz CT molecular complexity index is 633. The fraction of sp³-hybridized carbons (Fsp3) is 0.600. The van der Waals surface area contributed by atoms with Gasteiger partial charge in [0.25, 0.3) is 5.91 Å². The molecule has 3 fully saturated rings. The number of rotatable bonds is 2. The van der Waals surface area contributed by atoms with Gasteiger partial charge in [-0.25, -0.2) is 0 Å². The van der Waals surface area contributed by atoms with Crippen molar-refractivity contribution in [1.82, 2.24) is 15.1 Å². The first-order valence-electron chi connectivity index (χ1n) is 9.60. The van der Waals surface area contributed by atoms with Crippen molar-refractivity contribution in [2.75, 3.05) is 26.2 Å². The van der Waals surface area contributed by atoms with Crippen LogP contribution in [0.3, 0.4) is 0 Å². The minimum absolute atomic E-state index is 0.0435. The van der Waals surface area contributed by atoms with Gasteiger partial charge >= 0.3 is 0 Å². The van der Waals surface area contributed by atoms with Crippen LogP contribution in [0.15, 0.2) is 30.3 Å². The van der Waals surface area contributed by atoms with Gasteiger partial charge in [0.15, 0.2) is 0 Å². The smallest absolute Gasteiger partial charge is 0.253 e. The highest BCUT2D eigenvalue weighted by molar-refractivity contribution is 5.94. The third-order valence-corrected chi connectivity index (χ3v) is 5.91. The molecule has 3 aliphatic heterocycles. The number of nitrogens with zero attached hydrogens (tertiary/aromatic N) is 2. The topological polar surface area (TPSA) is 52.7 Å². The number of benzene rings is 1. The second-order valence-corrected chi connectivity index (χ2v) is 7.67. The van der Waals surface area contributed by atoms with E-state index < -0.39 is 0 Å². The van der Waals surface area contributed by atoms with E-state index in [0.29, 0.717) is 24.2 Å². The van der Waals surface area contributed by atoms with Crippen LogP contribution in [0.25, 0.3) is 0 Å². The zero-order chi connectivity index (χ0) is 17.2. The summed E-state index contributed by atoms with van der Waals surface area (Å²) in [5, 5.41) is 3.63. The summed E-state index contributed by atoms with van der Waals surface area (Å²) in [5.41, 5.74) is 0.715. The first kappa shape index (κ1) is 16.6. The van der Waals surface area contributed by atoms with E-state index in [1.54, 1.807) is 0 Å². The van der Waals surface area contributed by atoms with Crippen molar-refractivity contribution in [3.05, 3.63) is 35.9 Å². The van der Waals surface area contributed by atoms with Gasteiger partial charge in [-0.1, -0.05) is 18.2 Å². The summed E-state index contributed by atoms with van der Waals surface area (Å²) < 4.78 is 0. The molecule has 5 nitrogen and oxygen atoms in total. The molecule has 25 heavy (non-hydrogen) atoms. The standard InChI is InChI=1S/C20H27N3O2/c24-19(15-5-2-1-3-6-15)22-11-4-7-16(13-22)20(25)23-12-10-17-8-9-18(14-23)21-17/h1-3,5-6,16-18,21H,4,7-14H2. The van der Waals surface area contributed by atoms with E-state index in [1.807, 2.05) is 35.2 Å². The highest BCUT2D eigenvalue weighted by Gasteiger charge is 2.35. The maximum Gasteiger partial charge on any atom is 0.253 e. The van der Waals surface area contributed by atoms with Gasteiger partial charge in [-0.2, -0.15) is 0 Å². The Labute approximate surface area is 149 Å². The van der Waals surface area contributed by atoms with E-state index in [9.17, 15) is 9.59 Å². The molecule has 0 aromatic heterocycles. The molecule has 0 spiro atoms. The Balaban J connectivity index is 1.40. The Morgan fingerprint density at radius 2 is 1.68 bits per heavy atom. The lowest BCUT2D eigenvalue weighted by molar-refractivity contribution is -0.137. The maximum absolute atomic E-state index is 13.0. The maximum atomic E-state index is 13.0. The second kappa shape index (κ2) is 7.16. The predicted octanol–water partition coefficient (Wildman–Crippen LogP) is 1.89. The van der Waals surface area contributed by atoms with Crippen LogP contribution in [-0.4, -0.2) is 59.9 Å². The Kier molecular flexibility index (Phi) is 4.75. The highest BCUT2D eigenvalue weighted by Crippen LogP contribution is 2.25. The number of fused-ring (bicyclic) bond motifs is 2. The number of amides is 2. The third-order valence-electron chi connectivity index (χ3n) is 5.91. The summed E-state index contributed by atoms with van der Waals surface area (Å²) in [6.07, 6.45) is 5.29. The number of carbonyl (C=O) groups excluding carboxylic acids is 2. The summed E-state index contributed by atoms with van der Waals surface area (Å²) in [6, 6.07) is 10.4. The normalized spacial score (nSPS) is 29.4. The molecule has 3 saturated heterocycles. The van der Waals surface area contributed by atoms with Crippen molar-refractivity contribution < 1.29 is 9.59 Å². The van der Waals surface area contributed by atoms with Crippen LogP contribution < -0.4 is 5.32 Å². The summed E-state index contributed by atoms with van der Waals surface area (Å²) in [7, 11) is 0. The lowest BCUT2D eigenvalue weighted by atomic mass is 9.95. The average molecular weight is 341 g/mol. The third kappa shape index (κ3) is 3.56. The summed E-state index contributed by atoms with van der Waals surface area (Å²) >= 11 is 0. The van der Waals surface area contributed by atoms with Gasteiger partial charge in [-0.3, -0.25) is 9.59 Å². The average Bonchev–Trinajstić information content (AvgIpc) is 3.00. The van der Waals surface area contributed by atoms with Gasteiger partial charge in [0, 0.05) is 43.8 Å². The zero-order valence-corrected chi connectivity index (χ0v) is 14.7. The molecule has 3 aliphatic rings. The minimum atomic E-state index is -0.0435. The molecule has 3 atom stereocenters. The molecule has 3 unspecified atom stereocenters. The lowest BCUT2D eigenvalue weighted by Crippen LogP contribution is -2.48. The van der Waals surface area contributed by atoms with Crippen molar-refractivity contribution in [3.63, 3.8) is 0 Å². The Hall–Kier alpha value is -1.88. The molecule has 0 aliphatic carbocycles. The summed E-state index contributed by atoms with van der Waals surface area (Å²) in [5.74, 6) is 0.257. The first-order chi connectivity index (χ1) is 12.2. The van der Waals surface area contributed by atoms with Crippen LogP contribution in [0, 0.1) is 5.92 Å². The van der Waals surface area contributed by atoms with E-state index >= 15 is 0 Å². The summed E-state index contributed by atoms with van der Waals surface area (Å²) in [6.45, 7) is 3.00. The second-order valence-electron chi connectivity index (χ2n) is 7.67. The van der Waals surface area contributed by atoms with Crippen molar-refractivity contribution in [1.29, 1.82) is 0 Å². The van der Waals surface area contributed by atoms with Crippen molar-refractivity contribution in [2.24, 2.45) is 5.92 Å². The van der Waals surface area contributed by atoms with Gasteiger partial charge in [-0.05, 0) is 44.2 Å². The van der Waals surface area contributed by atoms with Crippen LogP contribution in [0.2, 0.25) is 0 Å². The molecular weight excluding hydrogens is 314 g/mol. The molecule has 3 heterocycles. The molecule has 2 bridgehead atoms. The van der Waals surface area contributed by atoms with E-state index in [-0.39, 0.29) is 17.7 Å². The summed E-state index contributed by atoms with van der Waals surface area (Å²) in [4.78, 5) is 29.7. The SMILES string of the molecule is O=C(c1ccccc1)N1CCCC(C(=O)N2CCC3CCC(C2)N3)C1. The van der Waals surface area contributed by atoms with Crippen molar-refractivity contribution in [2.45, 2.75) is 44.2 Å². The van der Waals surface area contributed by atoms with Crippen molar-refractivity contribution in [3.8, 4) is 0 Å². The fourth-order valence-electron chi connectivity index (χ4n) is 4.53. The van der Waals surface area contributed by atoms with E-state index in [0.717, 1.165) is 38.9 Å². The van der Waals surface area contributed by atoms with E-state index in [2.05, 4.69) is 10.2 Å². The number of hydrogen-bond donors (Lipinski definition) is 1. The van der Waals surface area contributed by atoms with Crippen LogP contribution >= 0.6 is 0 Å². The molecule has 5 heteroatoms. The largest absolute Gasteiger partial charge is 0.341 e. The van der Waals surface area contributed by atoms with Crippen LogP contribution in [-0.2, 0) is 4.79 Å². The van der Waals surface area contributed by atoms with Crippen LogP contribution in [0.5, 0.6) is 0 Å². The Morgan fingerprint density at radius 3 is 2.52 bits per heavy atom. The monoisotopic (exact) mass is 341 g/mol. The van der Waals surface area contributed by atoms with Gasteiger partial charge in [0.05, 0.1) is 5.92 Å². The number of piperidine rings is 1. The molecule has 0 saturated carbocycles. The molecule has 1 aromatic rings. The molecular formula is C20H27N3O2. The molecule has 2 amide bonds. The predicted molar refractivity (Wildman–Crippen MR) is 96.2 cm³/mol. The highest BCUT2D eigenvalue weighted by atomic mass is 16.2. The van der Waals surface area contributed by atoms with Crippen LogP contribution in [0.4, 0.5) is 0 Å². The van der Waals surface area contributed by atoms with Gasteiger partial charge < -0.3 is 15.1 Å². The molecule has 0 radical (unpaired) electrons. The number of hydrogen-bond acceptors (Lipinski definition) is 3. The molecule has 1 N–H and O–H groups in total. The number of carbonyl (C=O) groups is 2. The Morgan fingerprint density at radius 1 is 0.880 bits per heavy atom. The lowest BCUT2D eigenvalue weighted by Gasteiger charge is -2.35. The van der Waals surface area contributed by atoms with Crippen LogP contribution in [0.1, 0.15) is 42.5 Å². The molecule has 134 valence electrons. The van der Waals surface area contributed by atoms with Crippen molar-refractivity contribution >= 4 is 11.8 Å². The van der Waals surface area contributed by atoms with Gasteiger partial charge in [0.2, 0.25) is 5.91 Å². The van der Waals surface area contributed by atoms with E-state index in [1.165, 1.54) is 12.8 Å². The molecule has 1 aromatic carbocycles. The van der Waals surface area contributed by atoms with Gasteiger partial charge in [-0.15, -0.1) is 0 Å². The first-order valence-corrected chi connectivity index (χ1v) is 9.60. The zero-order valence-electron chi connectivity index (χ0n) is 14.7. The fourth-order valence-corrected chi connectivity index (χ4v) is 4.53. The quantitative estimate of drug-likeness (QED) is 0.894. The van der Waals surface area contributed by atoms with Gasteiger partial charge in [0.1, 0.15) is 0 Å². The van der Waals surface area contributed by atoms with E-state index in [4.69, 9.17) is 0 Å². The molecule has 4 rings (SSSR count). The number of nitrogens with one attached hydrogen (secondary N) is 1. The number of likely N-dealkylation sites (tertiary alicyclic amines) is 2. The minimum Gasteiger partial charge on any atom is -0.341 e.